The largest absolute Gasteiger partial charge is 0.481 e. The number of carboxylic acid groups (broad SMARTS) is 1. The summed E-state index contributed by atoms with van der Waals surface area (Å²) >= 11 is 0. The molecule has 0 saturated carbocycles. The SMILES string of the molecule is CCn1cc(C(C)C(=O)O)c2ccc(C(F)(F)F)cc21. The molecular formula is C14H14F3NO2. The molecular weight excluding hydrogens is 271 g/mol. The first-order chi connectivity index (χ1) is 9.25. The Morgan fingerprint density at radius 3 is 2.55 bits per heavy atom. The smallest absolute Gasteiger partial charge is 0.416 e. The van der Waals surface area contributed by atoms with Crippen molar-refractivity contribution in [1.82, 2.24) is 4.57 Å². The highest BCUT2D eigenvalue weighted by Crippen LogP contribution is 2.34. The van der Waals surface area contributed by atoms with Gasteiger partial charge in [0.1, 0.15) is 0 Å². The Morgan fingerprint density at radius 2 is 2.05 bits per heavy atom. The van der Waals surface area contributed by atoms with Crippen molar-refractivity contribution in [3.05, 3.63) is 35.5 Å². The van der Waals surface area contributed by atoms with Crippen molar-refractivity contribution in [3.63, 3.8) is 0 Å². The maximum Gasteiger partial charge on any atom is 0.416 e. The van der Waals surface area contributed by atoms with E-state index in [1.54, 1.807) is 17.7 Å². The summed E-state index contributed by atoms with van der Waals surface area (Å²) in [6, 6.07) is 3.40. The summed E-state index contributed by atoms with van der Waals surface area (Å²) in [5.41, 5.74) is 0.209. The van der Waals surface area contributed by atoms with Crippen molar-refractivity contribution < 1.29 is 23.1 Å². The quantitative estimate of drug-likeness (QED) is 0.930. The number of aliphatic carboxylic acids is 1. The summed E-state index contributed by atoms with van der Waals surface area (Å²) in [5, 5.41) is 9.62. The maximum atomic E-state index is 12.7. The van der Waals surface area contributed by atoms with Crippen LogP contribution in [0, 0.1) is 0 Å². The van der Waals surface area contributed by atoms with E-state index in [0.717, 1.165) is 12.1 Å². The molecule has 3 nitrogen and oxygen atoms in total. The number of alkyl halides is 3. The minimum absolute atomic E-state index is 0.408. The number of nitrogens with zero attached hydrogens (tertiary/aromatic N) is 1. The lowest BCUT2D eigenvalue weighted by molar-refractivity contribution is -0.138. The van der Waals surface area contributed by atoms with Crippen LogP contribution in [0.4, 0.5) is 13.2 Å². The Hall–Kier alpha value is -1.98. The minimum atomic E-state index is -4.41. The van der Waals surface area contributed by atoms with Crippen LogP contribution in [-0.2, 0) is 17.5 Å². The summed E-state index contributed by atoms with van der Waals surface area (Å²) in [6.45, 7) is 3.80. The third kappa shape index (κ3) is 2.37. The number of rotatable bonds is 3. The molecule has 1 atom stereocenters. The normalized spacial score (nSPS) is 13.7. The number of halogens is 3. The van der Waals surface area contributed by atoms with E-state index in [2.05, 4.69) is 0 Å². The number of aromatic nitrogens is 1. The third-order valence-corrected chi connectivity index (χ3v) is 3.42. The number of fused-ring (bicyclic) bond motifs is 1. The molecule has 0 saturated heterocycles. The zero-order valence-electron chi connectivity index (χ0n) is 11.0. The van der Waals surface area contributed by atoms with E-state index < -0.39 is 23.6 Å². The summed E-state index contributed by atoms with van der Waals surface area (Å²) in [6.07, 6.45) is -2.79. The number of hydrogen-bond donors (Lipinski definition) is 1. The molecule has 6 heteroatoms. The van der Waals surface area contributed by atoms with E-state index in [-0.39, 0.29) is 0 Å². The Balaban J connectivity index is 2.68. The summed E-state index contributed by atoms with van der Waals surface area (Å²) in [7, 11) is 0. The molecule has 1 aromatic carbocycles. The van der Waals surface area contributed by atoms with E-state index in [1.807, 2.05) is 0 Å². The van der Waals surface area contributed by atoms with E-state index in [4.69, 9.17) is 5.11 Å². The number of aryl methyl sites for hydroxylation is 1. The van der Waals surface area contributed by atoms with Gasteiger partial charge in [0.15, 0.2) is 0 Å². The minimum Gasteiger partial charge on any atom is -0.481 e. The fourth-order valence-corrected chi connectivity index (χ4v) is 2.24. The van der Waals surface area contributed by atoms with Gasteiger partial charge in [0.25, 0.3) is 0 Å². The molecule has 0 spiro atoms. The Labute approximate surface area is 113 Å². The molecule has 2 aromatic rings. The van der Waals surface area contributed by atoms with Gasteiger partial charge in [0.2, 0.25) is 0 Å². The van der Waals surface area contributed by atoms with Crippen LogP contribution in [0.3, 0.4) is 0 Å². The molecule has 0 aliphatic heterocycles. The highest BCUT2D eigenvalue weighted by atomic mass is 19.4. The van der Waals surface area contributed by atoms with Gasteiger partial charge < -0.3 is 9.67 Å². The van der Waals surface area contributed by atoms with Gasteiger partial charge in [-0.3, -0.25) is 4.79 Å². The highest BCUT2D eigenvalue weighted by molar-refractivity contribution is 5.90. The second-order valence-electron chi connectivity index (χ2n) is 4.66. The van der Waals surface area contributed by atoms with E-state index in [1.165, 1.54) is 13.0 Å². The second kappa shape index (κ2) is 4.85. The second-order valence-corrected chi connectivity index (χ2v) is 4.66. The number of carboxylic acids is 1. The molecule has 108 valence electrons. The molecule has 0 aliphatic rings. The molecule has 20 heavy (non-hydrogen) atoms. The summed E-state index contributed by atoms with van der Waals surface area (Å²) in [4.78, 5) is 11.1. The third-order valence-electron chi connectivity index (χ3n) is 3.42. The molecule has 1 aromatic heterocycles. The molecule has 1 heterocycles. The lowest BCUT2D eigenvalue weighted by Crippen LogP contribution is -2.07. The molecule has 0 radical (unpaired) electrons. The fraction of sp³-hybridized carbons (Fsp3) is 0.357. The molecule has 1 unspecified atom stereocenters. The van der Waals surface area contributed by atoms with Crippen LogP contribution in [0.2, 0.25) is 0 Å². The standard InChI is InChI=1S/C14H14F3NO2/c1-3-18-7-11(8(2)13(19)20)10-5-4-9(6-12(10)18)14(15,16)17/h4-8H,3H2,1-2H3,(H,19,20). The highest BCUT2D eigenvalue weighted by Gasteiger charge is 2.31. The van der Waals surface area contributed by atoms with Crippen LogP contribution in [0.1, 0.15) is 30.9 Å². The Bertz CT molecular complexity index is 658. The first kappa shape index (κ1) is 14.4. The van der Waals surface area contributed by atoms with Gasteiger partial charge >= 0.3 is 12.1 Å². The van der Waals surface area contributed by atoms with Gasteiger partial charge in [-0.05, 0) is 31.5 Å². The van der Waals surface area contributed by atoms with Gasteiger partial charge in [0.05, 0.1) is 11.5 Å². The van der Waals surface area contributed by atoms with Crippen molar-refractivity contribution in [3.8, 4) is 0 Å². The van der Waals surface area contributed by atoms with Crippen LogP contribution < -0.4 is 0 Å². The zero-order valence-corrected chi connectivity index (χ0v) is 11.0. The van der Waals surface area contributed by atoms with Crippen molar-refractivity contribution in [2.75, 3.05) is 0 Å². The predicted octanol–water partition coefficient (Wildman–Crippen LogP) is 3.87. The summed E-state index contributed by atoms with van der Waals surface area (Å²) < 4.78 is 39.9. The molecule has 1 N–H and O–H groups in total. The Morgan fingerprint density at radius 1 is 1.40 bits per heavy atom. The van der Waals surface area contributed by atoms with Crippen molar-refractivity contribution in [2.45, 2.75) is 32.5 Å². The number of hydrogen-bond acceptors (Lipinski definition) is 1. The summed E-state index contributed by atoms with van der Waals surface area (Å²) in [5.74, 6) is -1.76. The van der Waals surface area contributed by atoms with Gasteiger partial charge in [-0.15, -0.1) is 0 Å². The van der Waals surface area contributed by atoms with Crippen LogP contribution in [0.25, 0.3) is 10.9 Å². The lowest BCUT2D eigenvalue weighted by atomic mass is 10.00. The first-order valence-corrected chi connectivity index (χ1v) is 6.18. The van der Waals surface area contributed by atoms with Gasteiger partial charge in [-0.1, -0.05) is 6.07 Å². The number of benzene rings is 1. The van der Waals surface area contributed by atoms with Crippen molar-refractivity contribution in [2.24, 2.45) is 0 Å². The van der Waals surface area contributed by atoms with Crippen LogP contribution in [0.5, 0.6) is 0 Å². The van der Waals surface area contributed by atoms with E-state index >= 15 is 0 Å². The molecule has 0 amide bonds. The first-order valence-electron chi connectivity index (χ1n) is 6.18. The van der Waals surface area contributed by atoms with Gasteiger partial charge in [-0.2, -0.15) is 13.2 Å². The zero-order chi connectivity index (χ0) is 15.1. The van der Waals surface area contributed by atoms with Gasteiger partial charge in [-0.25, -0.2) is 0 Å². The van der Waals surface area contributed by atoms with Crippen molar-refractivity contribution >= 4 is 16.9 Å². The molecule has 0 aliphatic carbocycles. The van der Waals surface area contributed by atoms with Gasteiger partial charge in [0, 0.05) is 23.6 Å². The topological polar surface area (TPSA) is 42.2 Å². The average molecular weight is 285 g/mol. The Kier molecular flexibility index (Phi) is 3.50. The molecule has 0 fully saturated rings. The van der Waals surface area contributed by atoms with E-state index in [9.17, 15) is 18.0 Å². The number of carbonyl (C=O) groups is 1. The molecule has 0 bridgehead atoms. The average Bonchev–Trinajstić information content (AvgIpc) is 2.74. The van der Waals surface area contributed by atoms with E-state index in [0.29, 0.717) is 23.0 Å². The van der Waals surface area contributed by atoms with Crippen LogP contribution in [-0.4, -0.2) is 15.6 Å². The maximum absolute atomic E-state index is 12.7. The lowest BCUT2D eigenvalue weighted by Gasteiger charge is -2.08. The predicted molar refractivity (Wildman–Crippen MR) is 68.7 cm³/mol. The fourth-order valence-electron chi connectivity index (χ4n) is 2.24. The monoisotopic (exact) mass is 285 g/mol. The van der Waals surface area contributed by atoms with Crippen LogP contribution in [0.15, 0.2) is 24.4 Å². The van der Waals surface area contributed by atoms with Crippen molar-refractivity contribution in [1.29, 1.82) is 0 Å². The molecule has 2 rings (SSSR count). The van der Waals surface area contributed by atoms with Crippen LogP contribution >= 0.6 is 0 Å².